The maximum atomic E-state index is 5.82. The number of halogens is 1. The summed E-state index contributed by atoms with van der Waals surface area (Å²) in [5, 5.41) is 1.95. The van der Waals surface area contributed by atoms with E-state index in [0.29, 0.717) is 0 Å². The number of rotatable bonds is 0. The molecule has 0 radical (unpaired) electrons. The van der Waals surface area contributed by atoms with Crippen LogP contribution in [0.3, 0.4) is 0 Å². The van der Waals surface area contributed by atoms with Crippen molar-refractivity contribution in [3.63, 3.8) is 0 Å². The molecule has 0 unspecified atom stereocenters. The second-order valence-electron chi connectivity index (χ2n) is 2.41. The first-order chi connectivity index (χ1) is 5.27. The SMILES string of the molecule is Cc1nsc2ccc(Cl)cc12. The minimum absolute atomic E-state index is 0.779. The van der Waals surface area contributed by atoms with Crippen LogP contribution in [0.25, 0.3) is 10.1 Å². The molecule has 0 aliphatic carbocycles. The lowest BCUT2D eigenvalue weighted by Crippen LogP contribution is -1.69. The number of benzene rings is 1. The van der Waals surface area contributed by atoms with Crippen LogP contribution in [0.1, 0.15) is 5.69 Å². The first-order valence-corrected chi connectivity index (χ1v) is 4.44. The summed E-state index contributed by atoms with van der Waals surface area (Å²) in [5.41, 5.74) is 1.06. The molecule has 2 rings (SSSR count). The minimum atomic E-state index is 0.779. The summed E-state index contributed by atoms with van der Waals surface area (Å²) in [6.07, 6.45) is 0. The molecule has 0 spiro atoms. The Labute approximate surface area is 73.8 Å². The van der Waals surface area contributed by atoms with E-state index < -0.39 is 0 Å². The molecule has 0 amide bonds. The molecule has 56 valence electrons. The lowest BCUT2D eigenvalue weighted by molar-refractivity contribution is 1.37. The van der Waals surface area contributed by atoms with Crippen molar-refractivity contribution in [2.75, 3.05) is 0 Å². The summed E-state index contributed by atoms with van der Waals surface area (Å²) in [4.78, 5) is 0. The van der Waals surface area contributed by atoms with Crippen LogP contribution in [0.5, 0.6) is 0 Å². The highest BCUT2D eigenvalue weighted by Crippen LogP contribution is 2.24. The first-order valence-electron chi connectivity index (χ1n) is 3.29. The Kier molecular flexibility index (Phi) is 1.59. The lowest BCUT2D eigenvalue weighted by Gasteiger charge is -1.89. The third-order valence-electron chi connectivity index (χ3n) is 1.61. The number of hydrogen-bond donors (Lipinski definition) is 0. The van der Waals surface area contributed by atoms with Crippen LogP contribution in [0.2, 0.25) is 5.02 Å². The zero-order chi connectivity index (χ0) is 7.84. The summed E-state index contributed by atoms with van der Waals surface area (Å²) in [6, 6.07) is 5.85. The smallest absolute Gasteiger partial charge is 0.0590 e. The van der Waals surface area contributed by atoms with Crippen molar-refractivity contribution >= 4 is 33.2 Å². The predicted molar refractivity (Wildman–Crippen MR) is 49.4 cm³/mol. The fraction of sp³-hybridized carbons (Fsp3) is 0.125. The van der Waals surface area contributed by atoms with E-state index in [1.165, 1.54) is 21.6 Å². The van der Waals surface area contributed by atoms with Gasteiger partial charge in [0.2, 0.25) is 0 Å². The van der Waals surface area contributed by atoms with Crippen molar-refractivity contribution < 1.29 is 0 Å². The Morgan fingerprint density at radius 1 is 1.45 bits per heavy atom. The molecule has 1 nitrogen and oxygen atoms in total. The maximum Gasteiger partial charge on any atom is 0.0590 e. The fourth-order valence-corrected chi connectivity index (χ4v) is 1.97. The molecule has 0 fully saturated rings. The van der Waals surface area contributed by atoms with Gasteiger partial charge in [0.1, 0.15) is 0 Å². The Morgan fingerprint density at radius 2 is 2.27 bits per heavy atom. The second-order valence-corrected chi connectivity index (χ2v) is 3.65. The zero-order valence-corrected chi connectivity index (χ0v) is 7.54. The van der Waals surface area contributed by atoms with E-state index in [4.69, 9.17) is 11.6 Å². The van der Waals surface area contributed by atoms with Crippen molar-refractivity contribution in [1.29, 1.82) is 0 Å². The Bertz CT molecular complexity index is 394. The summed E-state index contributed by atoms with van der Waals surface area (Å²) in [6.45, 7) is 2.00. The Morgan fingerprint density at radius 3 is 3.09 bits per heavy atom. The molecule has 11 heavy (non-hydrogen) atoms. The number of aryl methyl sites for hydroxylation is 1. The van der Waals surface area contributed by atoms with Gasteiger partial charge in [-0.2, -0.15) is 4.37 Å². The molecule has 0 saturated carbocycles. The highest BCUT2D eigenvalue weighted by molar-refractivity contribution is 7.13. The van der Waals surface area contributed by atoms with Gasteiger partial charge in [0.05, 0.1) is 10.4 Å². The predicted octanol–water partition coefficient (Wildman–Crippen LogP) is 3.26. The molecule has 1 aromatic carbocycles. The number of aromatic nitrogens is 1. The van der Waals surface area contributed by atoms with Crippen molar-refractivity contribution in [3.8, 4) is 0 Å². The van der Waals surface area contributed by atoms with Gasteiger partial charge >= 0.3 is 0 Å². The molecule has 0 atom stereocenters. The summed E-state index contributed by atoms with van der Waals surface area (Å²) in [7, 11) is 0. The second kappa shape index (κ2) is 2.47. The molecule has 2 aromatic rings. The van der Waals surface area contributed by atoms with E-state index in [1.807, 2.05) is 25.1 Å². The quantitative estimate of drug-likeness (QED) is 0.611. The van der Waals surface area contributed by atoms with Gasteiger partial charge in [-0.3, -0.25) is 0 Å². The Balaban J connectivity index is 2.87. The average Bonchev–Trinajstić information content (AvgIpc) is 2.33. The zero-order valence-electron chi connectivity index (χ0n) is 5.97. The van der Waals surface area contributed by atoms with Crippen molar-refractivity contribution in [1.82, 2.24) is 4.37 Å². The van der Waals surface area contributed by atoms with Crippen LogP contribution >= 0.6 is 23.1 Å². The van der Waals surface area contributed by atoms with Gasteiger partial charge < -0.3 is 0 Å². The Hall–Kier alpha value is -0.600. The van der Waals surface area contributed by atoms with Gasteiger partial charge in [0, 0.05) is 10.4 Å². The standard InChI is InChI=1S/C8H6ClNS/c1-5-7-4-6(9)2-3-8(7)11-10-5/h2-4H,1H3. The monoisotopic (exact) mass is 183 g/mol. The van der Waals surface area contributed by atoms with Gasteiger partial charge in [-0.1, -0.05) is 11.6 Å². The maximum absolute atomic E-state index is 5.82. The van der Waals surface area contributed by atoms with E-state index in [2.05, 4.69) is 4.37 Å². The number of fused-ring (bicyclic) bond motifs is 1. The summed E-state index contributed by atoms with van der Waals surface area (Å²) >= 11 is 7.34. The molecule has 0 bridgehead atoms. The fourth-order valence-electron chi connectivity index (χ4n) is 1.03. The third-order valence-corrected chi connectivity index (χ3v) is 2.77. The van der Waals surface area contributed by atoms with E-state index in [9.17, 15) is 0 Å². The molecule has 1 heterocycles. The highest BCUT2D eigenvalue weighted by Gasteiger charge is 2.00. The van der Waals surface area contributed by atoms with Crippen LogP contribution in [0.15, 0.2) is 18.2 Å². The van der Waals surface area contributed by atoms with Gasteiger partial charge in [-0.25, -0.2) is 0 Å². The molecule has 0 N–H and O–H groups in total. The van der Waals surface area contributed by atoms with Gasteiger partial charge in [0.25, 0.3) is 0 Å². The molecule has 3 heteroatoms. The highest BCUT2D eigenvalue weighted by atomic mass is 35.5. The van der Waals surface area contributed by atoms with Gasteiger partial charge in [-0.15, -0.1) is 0 Å². The van der Waals surface area contributed by atoms with E-state index in [1.54, 1.807) is 0 Å². The lowest BCUT2D eigenvalue weighted by atomic mass is 10.2. The molecular formula is C8H6ClNS. The van der Waals surface area contributed by atoms with Gasteiger partial charge in [0.15, 0.2) is 0 Å². The molecule has 0 aliphatic rings. The van der Waals surface area contributed by atoms with E-state index >= 15 is 0 Å². The topological polar surface area (TPSA) is 12.9 Å². The molecule has 0 saturated heterocycles. The van der Waals surface area contributed by atoms with Crippen LogP contribution in [-0.4, -0.2) is 4.37 Å². The summed E-state index contributed by atoms with van der Waals surface area (Å²) in [5.74, 6) is 0. The van der Waals surface area contributed by atoms with Crippen molar-refractivity contribution in [3.05, 3.63) is 28.9 Å². The normalized spacial score (nSPS) is 10.7. The number of hydrogen-bond acceptors (Lipinski definition) is 2. The molecular weight excluding hydrogens is 178 g/mol. The van der Waals surface area contributed by atoms with Crippen LogP contribution in [0, 0.1) is 6.92 Å². The van der Waals surface area contributed by atoms with Crippen molar-refractivity contribution in [2.45, 2.75) is 6.92 Å². The molecule has 0 aliphatic heterocycles. The van der Waals surface area contributed by atoms with Crippen LogP contribution in [0.4, 0.5) is 0 Å². The van der Waals surface area contributed by atoms with E-state index in [0.717, 1.165) is 10.7 Å². The minimum Gasteiger partial charge on any atom is -0.197 e. The first kappa shape index (κ1) is 7.07. The molecule has 1 aromatic heterocycles. The van der Waals surface area contributed by atoms with Crippen LogP contribution < -0.4 is 0 Å². The number of nitrogens with zero attached hydrogens (tertiary/aromatic N) is 1. The van der Waals surface area contributed by atoms with Crippen molar-refractivity contribution in [2.24, 2.45) is 0 Å². The van der Waals surface area contributed by atoms with E-state index in [-0.39, 0.29) is 0 Å². The van der Waals surface area contributed by atoms with Crippen LogP contribution in [-0.2, 0) is 0 Å². The third kappa shape index (κ3) is 1.12. The summed E-state index contributed by atoms with van der Waals surface area (Å²) < 4.78 is 5.42. The average molecular weight is 184 g/mol. The largest absolute Gasteiger partial charge is 0.197 e. The van der Waals surface area contributed by atoms with Gasteiger partial charge in [-0.05, 0) is 36.7 Å².